The van der Waals surface area contributed by atoms with Gasteiger partial charge in [0.2, 0.25) is 23.6 Å². The number of anilines is 2. The smallest absolute Gasteiger partial charge is 0.294 e. The van der Waals surface area contributed by atoms with Gasteiger partial charge in [0.25, 0.3) is 44.6 Å². The number of thioether (sulfide) groups is 8. The van der Waals surface area contributed by atoms with Crippen molar-refractivity contribution < 1.29 is 75.2 Å². The highest BCUT2D eigenvalue weighted by Crippen LogP contribution is 2.43. The number of aryl methyl sites for hydroxylation is 2. The standard InChI is InChI=1S/C28H24N4O4S2.C26H21N3O4S2.C24H23N3O4S2.C22H19N3O4S2/c33-25(31-14-12-30(13-15-31)20-7-2-1-3-8-20)18-32-27(34)23(37-28(32)35)17-21-10-11-26(36-21)38-24-16-19-6-4-5-9-22(19)29-24;1-15-6-5-7-16(2)24(15)28-21(30)14-29-25(31)20(34-26(29)32)13-18-10-11-23(33-18)35-22-12-17-8-3-4-9-19(17)27-22;28-21(26-11-5-1-2-6-12-26)15-27-23(29)19(32-24(27)30)14-17-9-10-22(31-17)33-20-13-16-7-3-4-8-18(16)25-20;26-19(24-9-3-4-10-24)13-25-21(27)17(30-22(25)28)12-15-7-8-20(29-15)31-18-11-14-5-1-2-6-16(14)23-18/h1-11,17H,12-16,18H2;3-11,13H,12,14H2,1-2H3,(H,28,30);3-4,7-10,14H,1-2,5-6,11-13,15H2;1-2,5-8,12H,3-4,9-11,13H2. The maximum Gasteiger partial charge on any atom is 0.294 e. The number of hydrogen-bond donors (Lipinski definition) is 1. The summed E-state index contributed by atoms with van der Waals surface area (Å²) in [4.78, 5) is 182. The van der Waals surface area contributed by atoms with Gasteiger partial charge in [0, 0.05) is 114 Å². The summed E-state index contributed by atoms with van der Waals surface area (Å²) in [6, 6.07) is 62.1. The number of rotatable bonds is 18. The first-order valence-electron chi connectivity index (χ1n) is 44.3. The number of para-hydroxylation sites is 6. The average Bonchev–Trinajstić information content (AvgIpc) is 1.83. The first kappa shape index (κ1) is 94.5. The first-order chi connectivity index (χ1) is 66.5. The summed E-state index contributed by atoms with van der Waals surface area (Å²) in [5.74, 6) is -1.02. The van der Waals surface area contributed by atoms with Crippen LogP contribution in [0.4, 0.5) is 53.3 Å². The number of carbonyl (C=O) groups excluding carboxylic acids is 12. The van der Waals surface area contributed by atoms with Crippen molar-refractivity contribution in [2.75, 3.05) is 88.8 Å². The Bertz CT molecular complexity index is 6740. The third kappa shape index (κ3) is 23.2. The zero-order valence-corrected chi connectivity index (χ0v) is 80.5. The number of piperazine rings is 1. The van der Waals surface area contributed by atoms with Crippen molar-refractivity contribution in [1.82, 2.24) is 34.3 Å². The Morgan fingerprint density at radius 1 is 0.328 bits per heavy atom. The number of nitrogens with zero attached hydrogens (tertiary/aromatic N) is 12. The van der Waals surface area contributed by atoms with Crippen molar-refractivity contribution in [3.63, 3.8) is 0 Å². The first-order valence-corrected chi connectivity index (χ1v) is 50.8. The molecule has 15 heterocycles. The third-order valence-corrected chi connectivity index (χ3v) is 30.5. The molecule has 6 aromatic carbocycles. The second kappa shape index (κ2) is 43.2. The van der Waals surface area contributed by atoms with Crippen LogP contribution in [0.5, 0.6) is 0 Å². The fourth-order valence-corrected chi connectivity index (χ4v) is 23.0. The molecule has 0 saturated carbocycles. The van der Waals surface area contributed by atoms with Gasteiger partial charge in [-0.15, -0.1) is 0 Å². The van der Waals surface area contributed by atoms with Crippen LogP contribution in [0.2, 0.25) is 0 Å². The predicted octanol–water partition coefficient (Wildman–Crippen LogP) is 20.4. The summed E-state index contributed by atoms with van der Waals surface area (Å²) in [5, 5.41) is 7.44. The number of likely N-dealkylation sites (tertiary alicyclic amines) is 2. The molecular weight excluding hydrogens is 1900 g/mol. The van der Waals surface area contributed by atoms with E-state index in [0.717, 1.165) is 191 Å². The molecule has 21 rings (SSSR count). The molecule has 0 atom stereocenters. The van der Waals surface area contributed by atoms with Gasteiger partial charge < -0.3 is 42.6 Å². The molecule has 11 aliphatic heterocycles. The van der Waals surface area contributed by atoms with E-state index in [1.165, 1.54) is 75.4 Å². The van der Waals surface area contributed by atoms with Crippen molar-refractivity contribution in [2.24, 2.45) is 20.0 Å². The maximum atomic E-state index is 13.0. The van der Waals surface area contributed by atoms with Gasteiger partial charge >= 0.3 is 0 Å². The quantitative estimate of drug-likeness (QED) is 0.0780. The number of carbonyl (C=O) groups is 12. The lowest BCUT2D eigenvalue weighted by molar-refractivity contribution is -0.136. The lowest BCUT2D eigenvalue weighted by Gasteiger charge is -2.36. The van der Waals surface area contributed by atoms with Gasteiger partial charge in [-0.3, -0.25) is 77.1 Å². The Hall–Kier alpha value is -12.9. The van der Waals surface area contributed by atoms with E-state index in [-0.39, 0.29) is 63.5 Å². The molecule has 0 spiro atoms. The van der Waals surface area contributed by atoms with E-state index in [9.17, 15) is 57.5 Å². The predicted molar refractivity (Wildman–Crippen MR) is 539 cm³/mol. The number of benzene rings is 6. The van der Waals surface area contributed by atoms with Crippen molar-refractivity contribution in [3.8, 4) is 0 Å². The number of imide groups is 4. The van der Waals surface area contributed by atoms with Gasteiger partial charge in [-0.1, -0.05) is 122 Å². The van der Waals surface area contributed by atoms with Crippen molar-refractivity contribution in [2.45, 2.75) is 98.4 Å². The molecule has 0 radical (unpaired) electrons. The molecule has 10 aromatic rings. The van der Waals surface area contributed by atoms with Crippen molar-refractivity contribution in [1.29, 1.82) is 0 Å². The van der Waals surface area contributed by atoms with Gasteiger partial charge in [-0.05, 0) is 252 Å². The summed E-state index contributed by atoms with van der Waals surface area (Å²) in [6.45, 7) is 8.00. The topological polar surface area (TPSA) is 345 Å². The lowest BCUT2D eigenvalue weighted by atomic mass is 10.1. The molecule has 7 saturated heterocycles. The highest BCUT2D eigenvalue weighted by Gasteiger charge is 2.42. The van der Waals surface area contributed by atoms with Gasteiger partial charge in [-0.25, -0.2) is 20.0 Å². The normalized spacial score (nSPS) is 18.4. The number of furan rings is 4. The zero-order valence-electron chi connectivity index (χ0n) is 74.0. The van der Waals surface area contributed by atoms with Crippen LogP contribution < -0.4 is 10.2 Å². The zero-order chi connectivity index (χ0) is 94.7. The number of fused-ring (bicyclic) bond motifs is 4. The van der Waals surface area contributed by atoms with Gasteiger partial charge in [-0.2, -0.15) is 0 Å². The van der Waals surface area contributed by atoms with Crippen LogP contribution in [-0.2, 0) is 64.0 Å². The minimum Gasteiger partial charge on any atom is -0.450 e. The van der Waals surface area contributed by atoms with Crippen LogP contribution in [0, 0.1) is 13.8 Å². The van der Waals surface area contributed by atoms with E-state index >= 15 is 0 Å². The Kier molecular flexibility index (Phi) is 29.8. The minimum atomic E-state index is -0.516. The highest BCUT2D eigenvalue weighted by atomic mass is 32.2. The molecular formula is C100H87N13O16S8. The third-order valence-electron chi connectivity index (χ3n) is 23.3. The second-order valence-electron chi connectivity index (χ2n) is 32.8. The number of aliphatic imine (C=N–C) groups is 4. The summed E-state index contributed by atoms with van der Waals surface area (Å²) < 4.78 is 23.4. The monoisotopic (exact) mass is 1980 g/mol. The molecule has 29 nitrogen and oxygen atoms in total. The summed E-state index contributed by atoms with van der Waals surface area (Å²) in [7, 11) is 0. The molecule has 0 bridgehead atoms. The largest absolute Gasteiger partial charge is 0.450 e. The summed E-state index contributed by atoms with van der Waals surface area (Å²) >= 11 is 9.06. The number of hydrogen-bond acceptors (Lipinski definition) is 29. The fourth-order valence-electron chi connectivity index (χ4n) is 16.2. The average molecular weight is 1980 g/mol. The Labute approximate surface area is 821 Å². The fraction of sp³-hybridized carbons (Fsp3) is 0.240. The molecule has 0 unspecified atom stereocenters. The van der Waals surface area contributed by atoms with E-state index in [2.05, 4.69) is 54.5 Å². The minimum absolute atomic E-state index is 0.171. The summed E-state index contributed by atoms with van der Waals surface area (Å²) in [5.41, 5.74) is 12.3. The van der Waals surface area contributed by atoms with Crippen LogP contribution >= 0.6 is 94.1 Å². The Balaban J connectivity index is 0.000000122. The maximum absolute atomic E-state index is 13.0. The van der Waals surface area contributed by atoms with E-state index in [0.29, 0.717) is 101 Å². The SMILES string of the molecule is Cc1cccc(C)c1NC(=O)CN1C(=O)SC(=Cc2ccc(SC3=Nc4ccccc4C3)o2)C1=O.O=C(CN1C(=O)SC(=Cc2ccc(SC3=Nc4ccccc4C3)o2)C1=O)N1CCCC1.O=C(CN1C(=O)SC(=Cc2ccc(SC3=Nc4ccccc4C3)o2)C1=O)N1CCCCCC1.O=C(CN1C(=O)SC(=Cc2ccc(SC3=Nc4ccccc4C3)o2)C1=O)N1CCN(c2ccccc2)CC1. The second-order valence-corrected chi connectivity index (χ2v) is 41.0. The van der Waals surface area contributed by atoms with E-state index < -0.39 is 50.5 Å². The van der Waals surface area contributed by atoms with Crippen LogP contribution in [0.3, 0.4) is 0 Å². The van der Waals surface area contributed by atoms with Crippen LogP contribution in [0.25, 0.3) is 24.3 Å². The molecule has 11 aliphatic rings. The van der Waals surface area contributed by atoms with Gasteiger partial charge in [0.15, 0.2) is 20.4 Å². The van der Waals surface area contributed by atoms with E-state index in [1.807, 2.05) is 159 Å². The molecule has 1 N–H and O–H groups in total. The molecule has 4 aromatic heterocycles. The Morgan fingerprint density at radius 3 is 0.927 bits per heavy atom. The molecule has 696 valence electrons. The molecule has 0 aliphatic carbocycles. The van der Waals surface area contributed by atoms with Crippen LogP contribution in [0.15, 0.2) is 272 Å². The number of nitrogens with one attached hydrogen (secondary N) is 1. The summed E-state index contributed by atoms with van der Waals surface area (Å²) in [6.07, 6.45) is 15.3. The van der Waals surface area contributed by atoms with Crippen molar-refractivity contribution >= 4 is 241 Å². The van der Waals surface area contributed by atoms with Gasteiger partial charge in [0.05, 0.1) is 62.5 Å². The van der Waals surface area contributed by atoms with Crippen LogP contribution in [0.1, 0.15) is 94.9 Å². The molecule has 137 heavy (non-hydrogen) atoms. The van der Waals surface area contributed by atoms with Gasteiger partial charge in [0.1, 0.15) is 49.2 Å². The molecule has 12 amide bonds. The van der Waals surface area contributed by atoms with Crippen molar-refractivity contribution in [3.05, 3.63) is 270 Å². The Morgan fingerprint density at radius 2 is 0.613 bits per heavy atom. The molecule has 37 heteroatoms. The molecule has 7 fully saturated rings. The highest BCUT2D eigenvalue weighted by molar-refractivity contribution is 8.19. The van der Waals surface area contributed by atoms with Crippen LogP contribution in [-0.4, -0.2) is 201 Å². The lowest BCUT2D eigenvalue weighted by Crippen LogP contribution is -2.51. The van der Waals surface area contributed by atoms with E-state index in [1.54, 1.807) is 57.2 Å². The number of amides is 12. The van der Waals surface area contributed by atoms with E-state index in [4.69, 9.17) is 17.7 Å².